The van der Waals surface area contributed by atoms with E-state index in [1.54, 1.807) is 35.6 Å². The van der Waals surface area contributed by atoms with E-state index in [1.807, 2.05) is 24.4 Å². The molecule has 0 saturated carbocycles. The fraction of sp³-hybridized carbons (Fsp3) is 0.368. The highest BCUT2D eigenvalue weighted by Crippen LogP contribution is 2.43. The van der Waals surface area contributed by atoms with Crippen molar-refractivity contribution in [3.63, 3.8) is 0 Å². The first kappa shape index (κ1) is 35.6. The molecule has 2 aromatic carbocycles. The summed E-state index contributed by atoms with van der Waals surface area (Å²) in [6.45, 7) is 5.88. The number of nitrogens with two attached hydrogens (primary N) is 1. The Hall–Kier alpha value is -4.74. The van der Waals surface area contributed by atoms with E-state index in [0.717, 1.165) is 53.7 Å². The van der Waals surface area contributed by atoms with Gasteiger partial charge in [-0.15, -0.1) is 11.3 Å². The number of benzene rings is 2. The van der Waals surface area contributed by atoms with E-state index in [9.17, 15) is 14.4 Å². The first-order valence-electron chi connectivity index (χ1n) is 16.9. The molecule has 0 bridgehead atoms. The van der Waals surface area contributed by atoms with Gasteiger partial charge in [-0.1, -0.05) is 45.6 Å². The van der Waals surface area contributed by atoms with Crippen LogP contribution in [0.25, 0.3) is 21.6 Å². The van der Waals surface area contributed by atoms with Crippen LogP contribution in [0.2, 0.25) is 0 Å². The lowest BCUT2D eigenvalue weighted by molar-refractivity contribution is 0.0594. The number of anilines is 1. The molecule has 1 aliphatic rings. The summed E-state index contributed by atoms with van der Waals surface area (Å²) in [6, 6.07) is 14.3. The predicted octanol–water partition coefficient (Wildman–Crippen LogP) is 7.40. The smallest absolute Gasteiger partial charge is 0.357 e. The standard InChI is InChI=1S/C38H44N4O6S/c1-4-6-7-8-9-17-47-33-20-24(23-39)10-12-30(33)42-36(43)28-21-29-32(48-18-14-25-15-19-49-35(25)29)22-27(28)26-11-13-31(37(44)40-16-5-2)41-34(26)38(45)46-3/h10-13,15,19-22H,4-9,14,16-18,23,39H2,1-3H3,(H,40,44)(H,42,43). The summed E-state index contributed by atoms with van der Waals surface area (Å²) in [5, 5.41) is 7.88. The van der Waals surface area contributed by atoms with E-state index < -0.39 is 17.8 Å². The van der Waals surface area contributed by atoms with Crippen molar-refractivity contribution in [2.24, 2.45) is 5.73 Å². The zero-order valence-electron chi connectivity index (χ0n) is 28.4. The molecule has 0 unspecified atom stereocenters. The molecule has 5 rings (SSSR count). The van der Waals surface area contributed by atoms with Crippen molar-refractivity contribution in [3.8, 4) is 33.1 Å². The van der Waals surface area contributed by atoms with Crippen molar-refractivity contribution < 1.29 is 28.6 Å². The SMILES string of the molecule is CCCCCCCOc1cc(CN)ccc1NC(=O)c1cc2c(cc1-c1ccc(C(=O)NCCC)nc1C(=O)OC)OCCc1ccsc1-2. The monoisotopic (exact) mass is 684 g/mol. The van der Waals surface area contributed by atoms with E-state index in [4.69, 9.17) is 19.9 Å². The van der Waals surface area contributed by atoms with Gasteiger partial charge in [-0.25, -0.2) is 9.78 Å². The Morgan fingerprint density at radius 2 is 1.78 bits per heavy atom. The number of unbranched alkanes of at least 4 members (excludes halogenated alkanes) is 4. The molecule has 3 heterocycles. The molecule has 4 aromatic rings. The molecule has 49 heavy (non-hydrogen) atoms. The van der Waals surface area contributed by atoms with Crippen LogP contribution in [-0.2, 0) is 17.7 Å². The fourth-order valence-electron chi connectivity index (χ4n) is 5.71. The molecule has 0 fully saturated rings. The zero-order valence-corrected chi connectivity index (χ0v) is 29.2. The minimum Gasteiger partial charge on any atom is -0.493 e. The van der Waals surface area contributed by atoms with Crippen LogP contribution in [0.3, 0.4) is 0 Å². The Morgan fingerprint density at radius 3 is 2.55 bits per heavy atom. The van der Waals surface area contributed by atoms with Crippen molar-refractivity contribution in [2.75, 3.05) is 32.2 Å². The molecule has 2 amide bonds. The van der Waals surface area contributed by atoms with Crippen LogP contribution in [0.15, 0.2) is 53.9 Å². The Kier molecular flexibility index (Phi) is 12.4. The van der Waals surface area contributed by atoms with Crippen LogP contribution in [0.1, 0.15) is 94.8 Å². The first-order valence-corrected chi connectivity index (χ1v) is 17.8. The minimum atomic E-state index is -0.741. The molecule has 10 nitrogen and oxygen atoms in total. The van der Waals surface area contributed by atoms with Gasteiger partial charge in [-0.2, -0.15) is 0 Å². The van der Waals surface area contributed by atoms with Crippen LogP contribution >= 0.6 is 11.3 Å². The maximum atomic E-state index is 14.4. The summed E-state index contributed by atoms with van der Waals surface area (Å²) >= 11 is 1.58. The largest absolute Gasteiger partial charge is 0.493 e. The number of pyridine rings is 1. The van der Waals surface area contributed by atoms with Crippen LogP contribution in [0, 0.1) is 0 Å². The number of hydrogen-bond donors (Lipinski definition) is 3. The van der Waals surface area contributed by atoms with Gasteiger partial charge in [0.05, 0.1) is 26.0 Å². The van der Waals surface area contributed by atoms with Crippen molar-refractivity contribution in [2.45, 2.75) is 65.3 Å². The van der Waals surface area contributed by atoms with Gasteiger partial charge < -0.3 is 30.6 Å². The second kappa shape index (κ2) is 17.1. The van der Waals surface area contributed by atoms with Gasteiger partial charge in [0.15, 0.2) is 5.69 Å². The van der Waals surface area contributed by atoms with Gasteiger partial charge in [0.2, 0.25) is 0 Å². The van der Waals surface area contributed by atoms with Gasteiger partial charge in [-0.05, 0) is 71.8 Å². The predicted molar refractivity (Wildman–Crippen MR) is 193 cm³/mol. The van der Waals surface area contributed by atoms with Crippen LogP contribution < -0.4 is 25.8 Å². The average molecular weight is 685 g/mol. The maximum Gasteiger partial charge on any atom is 0.357 e. The van der Waals surface area contributed by atoms with Crippen LogP contribution in [0.4, 0.5) is 5.69 Å². The first-order chi connectivity index (χ1) is 23.9. The number of esters is 1. The number of aromatic nitrogens is 1. The highest BCUT2D eigenvalue weighted by atomic mass is 32.1. The lowest BCUT2D eigenvalue weighted by Gasteiger charge is -2.18. The number of methoxy groups -OCH3 is 1. The van der Waals surface area contributed by atoms with Crippen LogP contribution in [-0.4, -0.2) is 49.6 Å². The number of hydrogen-bond acceptors (Lipinski definition) is 9. The molecule has 0 atom stereocenters. The number of amides is 2. The lowest BCUT2D eigenvalue weighted by atomic mass is 9.93. The van der Waals surface area contributed by atoms with E-state index in [-0.39, 0.29) is 17.0 Å². The highest BCUT2D eigenvalue weighted by Gasteiger charge is 2.27. The molecule has 0 spiro atoms. The zero-order chi connectivity index (χ0) is 34.8. The quantitative estimate of drug-likeness (QED) is 0.0869. The van der Waals surface area contributed by atoms with Crippen molar-refractivity contribution in [1.82, 2.24) is 10.3 Å². The summed E-state index contributed by atoms with van der Waals surface area (Å²) in [5.74, 6) is -0.464. The molecule has 4 N–H and O–H groups in total. The van der Waals surface area contributed by atoms with Gasteiger partial charge in [0.25, 0.3) is 11.8 Å². The number of rotatable bonds is 15. The number of thiophene rings is 1. The van der Waals surface area contributed by atoms with Gasteiger partial charge >= 0.3 is 5.97 Å². The third-order valence-electron chi connectivity index (χ3n) is 8.35. The molecule has 0 radical (unpaired) electrons. The topological polar surface area (TPSA) is 142 Å². The second-order valence-electron chi connectivity index (χ2n) is 11.9. The summed E-state index contributed by atoms with van der Waals surface area (Å²) in [4.78, 5) is 45.8. The molecule has 0 aliphatic carbocycles. The summed E-state index contributed by atoms with van der Waals surface area (Å²) in [6.07, 6.45) is 6.92. The molecule has 1 aliphatic heterocycles. The number of fused-ring (bicyclic) bond motifs is 3. The highest BCUT2D eigenvalue weighted by molar-refractivity contribution is 7.13. The average Bonchev–Trinajstić information content (AvgIpc) is 3.52. The fourth-order valence-corrected chi connectivity index (χ4v) is 6.68. The van der Waals surface area contributed by atoms with Crippen molar-refractivity contribution >= 4 is 34.8 Å². The summed E-state index contributed by atoms with van der Waals surface area (Å²) in [7, 11) is 1.25. The number of nitrogens with zero attached hydrogens (tertiary/aromatic N) is 1. The number of ether oxygens (including phenoxy) is 3. The van der Waals surface area contributed by atoms with E-state index in [0.29, 0.717) is 61.0 Å². The number of carbonyl (C=O) groups is 3. The molecular formula is C38H44N4O6S. The Balaban J connectivity index is 1.58. The van der Waals surface area contributed by atoms with Crippen molar-refractivity contribution in [1.29, 1.82) is 0 Å². The third-order valence-corrected chi connectivity index (χ3v) is 9.34. The van der Waals surface area contributed by atoms with Gasteiger partial charge in [-0.3, -0.25) is 9.59 Å². The summed E-state index contributed by atoms with van der Waals surface area (Å²) in [5.41, 5.74) is 10.2. The van der Waals surface area contributed by atoms with Gasteiger partial charge in [0, 0.05) is 46.6 Å². The van der Waals surface area contributed by atoms with E-state index in [1.165, 1.54) is 19.6 Å². The van der Waals surface area contributed by atoms with E-state index >= 15 is 0 Å². The Bertz CT molecular complexity index is 1800. The third kappa shape index (κ3) is 8.47. The second-order valence-corrected chi connectivity index (χ2v) is 12.8. The lowest BCUT2D eigenvalue weighted by Crippen LogP contribution is -2.26. The van der Waals surface area contributed by atoms with Gasteiger partial charge in [0.1, 0.15) is 17.2 Å². The molecule has 2 aromatic heterocycles. The molecule has 11 heteroatoms. The Labute approximate surface area is 291 Å². The Morgan fingerprint density at radius 1 is 0.939 bits per heavy atom. The number of nitrogens with one attached hydrogen (secondary N) is 2. The molecular weight excluding hydrogens is 641 g/mol. The van der Waals surface area contributed by atoms with Crippen molar-refractivity contribution in [3.05, 3.63) is 82.0 Å². The normalized spacial score (nSPS) is 11.8. The maximum absolute atomic E-state index is 14.4. The molecule has 258 valence electrons. The number of carbonyl (C=O) groups excluding carboxylic acids is 3. The van der Waals surface area contributed by atoms with E-state index in [2.05, 4.69) is 28.6 Å². The summed E-state index contributed by atoms with van der Waals surface area (Å²) < 4.78 is 17.5. The molecule has 0 saturated heterocycles. The minimum absolute atomic E-state index is 0.0642. The van der Waals surface area contributed by atoms with Crippen LogP contribution in [0.5, 0.6) is 11.5 Å².